The van der Waals surface area contributed by atoms with Crippen molar-refractivity contribution < 1.29 is 9.90 Å². The van der Waals surface area contributed by atoms with Crippen LogP contribution in [0.5, 0.6) is 0 Å². The highest BCUT2D eigenvalue weighted by molar-refractivity contribution is 5.76. The van der Waals surface area contributed by atoms with Crippen molar-refractivity contribution in [1.82, 2.24) is 24.5 Å². The number of piperazine rings is 1. The Labute approximate surface area is 169 Å². The zero-order chi connectivity index (χ0) is 20.3. The van der Waals surface area contributed by atoms with E-state index in [1.165, 1.54) is 5.56 Å². The maximum atomic E-state index is 13.0. The fourth-order valence-corrected chi connectivity index (χ4v) is 4.69. The van der Waals surface area contributed by atoms with Crippen LogP contribution < -0.4 is 0 Å². The highest BCUT2D eigenvalue weighted by atomic mass is 16.3. The van der Waals surface area contributed by atoms with E-state index in [9.17, 15) is 9.90 Å². The van der Waals surface area contributed by atoms with Gasteiger partial charge in [-0.15, -0.1) is 0 Å². The molecule has 1 aromatic heterocycles. The van der Waals surface area contributed by atoms with Gasteiger partial charge in [0.2, 0.25) is 5.91 Å². The highest BCUT2D eigenvalue weighted by Crippen LogP contribution is 2.27. The van der Waals surface area contributed by atoms with Gasteiger partial charge in [0.25, 0.3) is 0 Å². The number of likely N-dealkylation sites (N-methyl/N-ethyl adjacent to an activating group) is 1. The predicted octanol–water partition coefficient (Wildman–Crippen LogP) is 1.05. The van der Waals surface area contributed by atoms with Gasteiger partial charge in [0.1, 0.15) is 6.54 Å². The van der Waals surface area contributed by atoms with E-state index >= 15 is 0 Å². The second-order valence-electron chi connectivity index (χ2n) is 8.61. The molecular formula is C21H37N5O2. The minimum Gasteiger partial charge on any atom is -0.396 e. The van der Waals surface area contributed by atoms with Gasteiger partial charge in [-0.05, 0) is 58.6 Å². The molecule has 3 rings (SSSR count). The van der Waals surface area contributed by atoms with E-state index in [-0.39, 0.29) is 12.5 Å². The number of carbonyl (C=O) groups excluding carboxylic acids is 1. The van der Waals surface area contributed by atoms with Crippen LogP contribution in [0.15, 0.2) is 0 Å². The molecule has 158 valence electrons. The van der Waals surface area contributed by atoms with Crippen LogP contribution in [0.2, 0.25) is 0 Å². The van der Waals surface area contributed by atoms with Gasteiger partial charge in [-0.1, -0.05) is 0 Å². The van der Waals surface area contributed by atoms with E-state index in [4.69, 9.17) is 0 Å². The molecule has 1 aromatic rings. The summed E-state index contributed by atoms with van der Waals surface area (Å²) in [5.74, 6) is 0.604. The number of aryl methyl sites for hydroxylation is 1. The topological polar surface area (TPSA) is 64.8 Å². The van der Waals surface area contributed by atoms with Gasteiger partial charge >= 0.3 is 0 Å². The Balaban J connectivity index is 1.64. The van der Waals surface area contributed by atoms with Crippen molar-refractivity contribution in [3.8, 4) is 0 Å². The molecule has 2 atom stereocenters. The Morgan fingerprint density at radius 2 is 1.86 bits per heavy atom. The van der Waals surface area contributed by atoms with E-state index in [1.807, 2.05) is 23.4 Å². The number of carbonyl (C=O) groups is 1. The third-order valence-electron chi connectivity index (χ3n) is 6.81. The second kappa shape index (κ2) is 9.37. The first-order valence-corrected chi connectivity index (χ1v) is 10.7. The number of aliphatic hydroxyl groups is 1. The third kappa shape index (κ3) is 4.75. The molecule has 0 saturated carbocycles. The van der Waals surface area contributed by atoms with Crippen molar-refractivity contribution in [2.75, 3.05) is 52.9 Å². The SMILES string of the molecule is Cc1nn(CC(=O)N2CC[C@@H](N3CCN(C)CC3)[C@@H](CCCO)C2)c(C)c1C. The van der Waals surface area contributed by atoms with Crippen LogP contribution in [-0.2, 0) is 11.3 Å². The maximum Gasteiger partial charge on any atom is 0.244 e. The zero-order valence-corrected chi connectivity index (χ0v) is 18.0. The first-order valence-electron chi connectivity index (χ1n) is 10.7. The fraction of sp³-hybridized carbons (Fsp3) is 0.810. The highest BCUT2D eigenvalue weighted by Gasteiger charge is 2.35. The Morgan fingerprint density at radius 3 is 2.46 bits per heavy atom. The lowest BCUT2D eigenvalue weighted by Crippen LogP contribution is -2.57. The first kappa shape index (κ1) is 21.3. The maximum absolute atomic E-state index is 13.0. The molecule has 1 N–H and O–H groups in total. The number of piperidine rings is 1. The number of nitrogens with zero attached hydrogens (tertiary/aromatic N) is 5. The van der Waals surface area contributed by atoms with Crippen LogP contribution in [-0.4, -0.2) is 94.5 Å². The van der Waals surface area contributed by atoms with Crippen molar-refractivity contribution in [3.05, 3.63) is 17.0 Å². The molecule has 7 nitrogen and oxygen atoms in total. The van der Waals surface area contributed by atoms with Crippen LogP contribution >= 0.6 is 0 Å². The minimum atomic E-state index is 0.163. The fourth-order valence-electron chi connectivity index (χ4n) is 4.69. The smallest absolute Gasteiger partial charge is 0.244 e. The molecule has 28 heavy (non-hydrogen) atoms. The lowest BCUT2D eigenvalue weighted by Gasteiger charge is -2.46. The van der Waals surface area contributed by atoms with Gasteiger partial charge in [-0.2, -0.15) is 5.10 Å². The number of hydrogen-bond donors (Lipinski definition) is 1. The van der Waals surface area contributed by atoms with Crippen molar-refractivity contribution in [1.29, 1.82) is 0 Å². The standard InChI is InChI=1S/C21H37N5O2/c1-16-17(2)22-26(18(16)3)15-21(28)25-8-7-20(19(14-25)6-5-13-27)24-11-9-23(4)10-12-24/h19-20,27H,5-15H2,1-4H3/t19-,20+/m0/s1. The Bertz CT molecular complexity index is 666. The molecule has 0 bridgehead atoms. The molecular weight excluding hydrogens is 354 g/mol. The van der Waals surface area contributed by atoms with E-state index in [0.29, 0.717) is 18.5 Å². The number of hydrogen-bond acceptors (Lipinski definition) is 5. The van der Waals surface area contributed by atoms with Crippen LogP contribution in [0.3, 0.4) is 0 Å². The number of likely N-dealkylation sites (tertiary alicyclic amines) is 1. The number of aliphatic hydroxyl groups excluding tert-OH is 1. The molecule has 3 heterocycles. The molecule has 2 fully saturated rings. The summed E-state index contributed by atoms with van der Waals surface area (Å²) in [6, 6.07) is 0.528. The van der Waals surface area contributed by atoms with Crippen LogP contribution in [0.25, 0.3) is 0 Å². The van der Waals surface area contributed by atoms with Crippen LogP contribution in [0.1, 0.15) is 36.2 Å². The summed E-state index contributed by atoms with van der Waals surface area (Å²) in [6.45, 7) is 12.7. The monoisotopic (exact) mass is 391 g/mol. The molecule has 0 radical (unpaired) electrons. The summed E-state index contributed by atoms with van der Waals surface area (Å²) in [4.78, 5) is 20.0. The average Bonchev–Trinajstić information content (AvgIpc) is 2.93. The van der Waals surface area contributed by atoms with Crippen molar-refractivity contribution in [2.24, 2.45) is 5.92 Å². The lowest BCUT2D eigenvalue weighted by atomic mass is 9.86. The predicted molar refractivity (Wildman–Crippen MR) is 110 cm³/mol. The molecule has 2 saturated heterocycles. The zero-order valence-electron chi connectivity index (χ0n) is 18.0. The summed E-state index contributed by atoms with van der Waals surface area (Å²) in [5, 5.41) is 13.9. The van der Waals surface area contributed by atoms with Gasteiger partial charge in [-0.3, -0.25) is 14.4 Å². The Kier molecular flexibility index (Phi) is 7.12. The van der Waals surface area contributed by atoms with E-state index in [2.05, 4.69) is 28.9 Å². The van der Waals surface area contributed by atoms with E-state index in [0.717, 1.165) is 69.9 Å². The average molecular weight is 392 g/mol. The van der Waals surface area contributed by atoms with Gasteiger partial charge < -0.3 is 14.9 Å². The lowest BCUT2D eigenvalue weighted by molar-refractivity contribution is -0.135. The van der Waals surface area contributed by atoms with E-state index < -0.39 is 0 Å². The van der Waals surface area contributed by atoms with E-state index in [1.54, 1.807) is 0 Å². The first-order chi connectivity index (χ1) is 13.4. The third-order valence-corrected chi connectivity index (χ3v) is 6.81. The molecule has 0 unspecified atom stereocenters. The summed E-state index contributed by atoms with van der Waals surface area (Å²) in [5.41, 5.74) is 3.25. The van der Waals surface area contributed by atoms with Crippen LogP contribution in [0, 0.1) is 26.7 Å². The second-order valence-corrected chi connectivity index (χ2v) is 8.61. The molecule has 1 amide bonds. The quantitative estimate of drug-likeness (QED) is 0.785. The number of amides is 1. The summed E-state index contributed by atoms with van der Waals surface area (Å²) in [6.07, 6.45) is 2.82. The molecule has 0 aliphatic carbocycles. The minimum absolute atomic E-state index is 0.163. The molecule has 2 aliphatic heterocycles. The molecule has 7 heteroatoms. The van der Waals surface area contributed by atoms with Crippen LogP contribution in [0.4, 0.5) is 0 Å². The van der Waals surface area contributed by atoms with Gasteiger partial charge in [0.15, 0.2) is 0 Å². The molecule has 0 aromatic carbocycles. The Morgan fingerprint density at radius 1 is 1.14 bits per heavy atom. The Hall–Kier alpha value is -1.44. The van der Waals surface area contributed by atoms with Gasteiger partial charge in [-0.25, -0.2) is 0 Å². The van der Waals surface area contributed by atoms with Crippen molar-refractivity contribution >= 4 is 5.91 Å². The van der Waals surface area contributed by atoms with Crippen molar-refractivity contribution in [3.63, 3.8) is 0 Å². The molecule has 0 spiro atoms. The summed E-state index contributed by atoms with van der Waals surface area (Å²) >= 11 is 0. The normalized spacial score (nSPS) is 24.7. The summed E-state index contributed by atoms with van der Waals surface area (Å²) < 4.78 is 1.85. The summed E-state index contributed by atoms with van der Waals surface area (Å²) in [7, 11) is 2.18. The number of aromatic nitrogens is 2. The van der Waals surface area contributed by atoms with Gasteiger partial charge in [0, 0.05) is 57.6 Å². The number of rotatable bonds is 6. The largest absolute Gasteiger partial charge is 0.396 e. The van der Waals surface area contributed by atoms with Gasteiger partial charge in [0.05, 0.1) is 5.69 Å². The van der Waals surface area contributed by atoms with Crippen molar-refractivity contribution in [2.45, 2.75) is 52.6 Å². The molecule has 2 aliphatic rings.